The maximum absolute atomic E-state index is 12.5. The number of hydrogen-bond acceptors (Lipinski definition) is 2. The van der Waals surface area contributed by atoms with E-state index in [0.717, 1.165) is 23.1 Å². The standard InChI is InChI=1S/C18H24N2O/c1-13-7-3-4-11-17(13)20-18(21)16-10-5-8-15(14(16)2)9-6-12-19/h5,8,10,13,17H,3-4,7,11-12,19H2,1-2H3,(H,20,21). The minimum atomic E-state index is 0.0163. The fourth-order valence-corrected chi connectivity index (χ4v) is 2.94. The van der Waals surface area contributed by atoms with Gasteiger partial charge in [-0.1, -0.05) is 37.7 Å². The van der Waals surface area contributed by atoms with Crippen LogP contribution in [0.2, 0.25) is 0 Å². The van der Waals surface area contributed by atoms with Crippen molar-refractivity contribution in [3.63, 3.8) is 0 Å². The van der Waals surface area contributed by atoms with Crippen LogP contribution in [0.1, 0.15) is 54.1 Å². The third-order valence-electron chi connectivity index (χ3n) is 4.33. The van der Waals surface area contributed by atoms with Crippen LogP contribution in [0.3, 0.4) is 0 Å². The van der Waals surface area contributed by atoms with E-state index in [1.54, 1.807) is 0 Å². The van der Waals surface area contributed by atoms with Crippen molar-refractivity contribution in [2.45, 2.75) is 45.6 Å². The second-order valence-corrected chi connectivity index (χ2v) is 5.83. The first-order chi connectivity index (χ1) is 10.1. The second kappa shape index (κ2) is 7.28. The van der Waals surface area contributed by atoms with Crippen molar-refractivity contribution in [3.05, 3.63) is 34.9 Å². The van der Waals surface area contributed by atoms with Crippen LogP contribution >= 0.6 is 0 Å². The highest BCUT2D eigenvalue weighted by Gasteiger charge is 2.23. The van der Waals surface area contributed by atoms with Crippen LogP contribution in [0.15, 0.2) is 18.2 Å². The predicted molar refractivity (Wildman–Crippen MR) is 86.0 cm³/mol. The van der Waals surface area contributed by atoms with Crippen LogP contribution in [-0.4, -0.2) is 18.5 Å². The number of carbonyl (C=O) groups excluding carboxylic acids is 1. The number of rotatable bonds is 2. The summed E-state index contributed by atoms with van der Waals surface area (Å²) in [4.78, 5) is 12.5. The lowest BCUT2D eigenvalue weighted by atomic mass is 9.85. The maximum Gasteiger partial charge on any atom is 0.251 e. The molecule has 21 heavy (non-hydrogen) atoms. The Balaban J connectivity index is 2.15. The van der Waals surface area contributed by atoms with Gasteiger partial charge >= 0.3 is 0 Å². The Labute approximate surface area is 127 Å². The highest BCUT2D eigenvalue weighted by molar-refractivity contribution is 5.96. The Hall–Kier alpha value is -1.79. The van der Waals surface area contributed by atoms with Crippen molar-refractivity contribution < 1.29 is 4.79 Å². The first-order valence-electron chi connectivity index (χ1n) is 7.73. The molecule has 3 heteroatoms. The lowest BCUT2D eigenvalue weighted by molar-refractivity contribution is 0.0909. The molecular formula is C18H24N2O. The van der Waals surface area contributed by atoms with Gasteiger partial charge < -0.3 is 11.1 Å². The van der Waals surface area contributed by atoms with Crippen molar-refractivity contribution in [2.24, 2.45) is 11.7 Å². The average molecular weight is 284 g/mol. The molecule has 3 N–H and O–H groups in total. The largest absolute Gasteiger partial charge is 0.349 e. The molecule has 0 radical (unpaired) electrons. The van der Waals surface area contributed by atoms with Gasteiger partial charge in [0.25, 0.3) is 5.91 Å². The smallest absolute Gasteiger partial charge is 0.251 e. The first-order valence-corrected chi connectivity index (χ1v) is 7.73. The molecule has 1 fully saturated rings. The second-order valence-electron chi connectivity index (χ2n) is 5.83. The molecule has 0 spiro atoms. The van der Waals surface area contributed by atoms with E-state index in [4.69, 9.17) is 5.73 Å². The third kappa shape index (κ3) is 3.86. The van der Waals surface area contributed by atoms with E-state index in [0.29, 0.717) is 18.5 Å². The molecule has 0 aliphatic heterocycles. The van der Waals surface area contributed by atoms with Crippen LogP contribution in [0.25, 0.3) is 0 Å². The molecule has 1 aromatic carbocycles. The average Bonchev–Trinajstić information content (AvgIpc) is 2.48. The molecule has 0 bridgehead atoms. The molecule has 2 rings (SSSR count). The zero-order valence-corrected chi connectivity index (χ0v) is 12.9. The lowest BCUT2D eigenvalue weighted by Gasteiger charge is -2.29. The van der Waals surface area contributed by atoms with Crippen molar-refractivity contribution >= 4 is 5.91 Å². The molecule has 2 atom stereocenters. The Kier molecular flexibility index (Phi) is 5.41. The lowest BCUT2D eigenvalue weighted by Crippen LogP contribution is -2.41. The quantitative estimate of drug-likeness (QED) is 0.820. The summed E-state index contributed by atoms with van der Waals surface area (Å²) in [5, 5.41) is 3.20. The van der Waals surface area contributed by atoms with E-state index in [2.05, 4.69) is 24.1 Å². The summed E-state index contributed by atoms with van der Waals surface area (Å²) >= 11 is 0. The van der Waals surface area contributed by atoms with Gasteiger partial charge in [0.2, 0.25) is 0 Å². The Morgan fingerprint density at radius 2 is 2.14 bits per heavy atom. The topological polar surface area (TPSA) is 55.1 Å². The van der Waals surface area contributed by atoms with Crippen LogP contribution < -0.4 is 11.1 Å². The Morgan fingerprint density at radius 3 is 2.86 bits per heavy atom. The van der Waals surface area contributed by atoms with Crippen LogP contribution in [0.5, 0.6) is 0 Å². The van der Waals surface area contributed by atoms with Gasteiger partial charge in [0.1, 0.15) is 0 Å². The Morgan fingerprint density at radius 1 is 1.38 bits per heavy atom. The number of carbonyl (C=O) groups is 1. The van der Waals surface area contributed by atoms with Crippen LogP contribution in [0.4, 0.5) is 0 Å². The number of nitrogens with one attached hydrogen (secondary N) is 1. The summed E-state index contributed by atoms with van der Waals surface area (Å²) < 4.78 is 0. The molecule has 1 aliphatic rings. The van der Waals surface area contributed by atoms with Crippen molar-refractivity contribution in [2.75, 3.05) is 6.54 Å². The molecule has 1 amide bonds. The first kappa shape index (κ1) is 15.6. The summed E-state index contributed by atoms with van der Waals surface area (Å²) in [5.41, 5.74) is 7.94. The van der Waals surface area contributed by atoms with E-state index in [1.807, 2.05) is 25.1 Å². The minimum absolute atomic E-state index is 0.0163. The summed E-state index contributed by atoms with van der Waals surface area (Å²) in [6, 6.07) is 5.97. The van der Waals surface area contributed by atoms with Gasteiger partial charge in [-0.2, -0.15) is 0 Å². The van der Waals surface area contributed by atoms with Crippen molar-refractivity contribution in [3.8, 4) is 11.8 Å². The van der Waals surface area contributed by atoms with Gasteiger partial charge in [-0.15, -0.1) is 0 Å². The fourth-order valence-electron chi connectivity index (χ4n) is 2.94. The number of hydrogen-bond donors (Lipinski definition) is 2. The van der Waals surface area contributed by atoms with Gasteiger partial charge in [-0.25, -0.2) is 0 Å². The van der Waals surface area contributed by atoms with Crippen LogP contribution in [0, 0.1) is 24.7 Å². The monoisotopic (exact) mass is 284 g/mol. The van der Waals surface area contributed by atoms with E-state index >= 15 is 0 Å². The number of amides is 1. The third-order valence-corrected chi connectivity index (χ3v) is 4.33. The van der Waals surface area contributed by atoms with Gasteiger partial charge in [0.15, 0.2) is 0 Å². The fraction of sp³-hybridized carbons (Fsp3) is 0.500. The molecule has 0 heterocycles. The zero-order valence-electron chi connectivity index (χ0n) is 12.9. The predicted octanol–water partition coefficient (Wildman–Crippen LogP) is 2.61. The summed E-state index contributed by atoms with van der Waals surface area (Å²) in [6.07, 6.45) is 4.76. The highest BCUT2D eigenvalue weighted by Crippen LogP contribution is 2.24. The van der Waals surface area contributed by atoms with E-state index in [9.17, 15) is 4.79 Å². The number of benzene rings is 1. The van der Waals surface area contributed by atoms with Crippen molar-refractivity contribution in [1.29, 1.82) is 0 Å². The van der Waals surface area contributed by atoms with E-state index in [-0.39, 0.29) is 5.91 Å². The summed E-state index contributed by atoms with van der Waals surface area (Å²) in [5.74, 6) is 6.45. The SMILES string of the molecule is Cc1c(C#CCN)cccc1C(=O)NC1CCCCC1C. The molecule has 2 unspecified atom stereocenters. The maximum atomic E-state index is 12.5. The molecule has 3 nitrogen and oxygen atoms in total. The normalized spacial score (nSPS) is 21.3. The number of nitrogens with two attached hydrogens (primary N) is 1. The van der Waals surface area contributed by atoms with E-state index in [1.165, 1.54) is 19.3 Å². The molecule has 1 aliphatic carbocycles. The summed E-state index contributed by atoms with van der Waals surface area (Å²) in [6.45, 7) is 4.50. The summed E-state index contributed by atoms with van der Waals surface area (Å²) in [7, 11) is 0. The molecule has 1 saturated carbocycles. The molecular weight excluding hydrogens is 260 g/mol. The van der Waals surface area contributed by atoms with E-state index < -0.39 is 0 Å². The highest BCUT2D eigenvalue weighted by atomic mass is 16.1. The van der Waals surface area contributed by atoms with Gasteiger partial charge in [-0.05, 0) is 43.4 Å². The van der Waals surface area contributed by atoms with Crippen LogP contribution in [-0.2, 0) is 0 Å². The van der Waals surface area contributed by atoms with Gasteiger partial charge in [0, 0.05) is 17.2 Å². The molecule has 0 saturated heterocycles. The molecule has 1 aromatic rings. The minimum Gasteiger partial charge on any atom is -0.349 e. The molecule has 112 valence electrons. The van der Waals surface area contributed by atoms with Gasteiger partial charge in [-0.3, -0.25) is 4.79 Å². The van der Waals surface area contributed by atoms with Gasteiger partial charge in [0.05, 0.1) is 6.54 Å². The Bertz CT molecular complexity index is 568. The molecule has 0 aromatic heterocycles. The van der Waals surface area contributed by atoms with Crippen molar-refractivity contribution in [1.82, 2.24) is 5.32 Å². The zero-order chi connectivity index (χ0) is 15.2.